The van der Waals surface area contributed by atoms with Gasteiger partial charge in [0.2, 0.25) is 0 Å². The van der Waals surface area contributed by atoms with Gasteiger partial charge in [0.25, 0.3) is 0 Å². The summed E-state index contributed by atoms with van der Waals surface area (Å²) in [6.07, 6.45) is 5.61. The van der Waals surface area contributed by atoms with E-state index in [9.17, 15) is 0 Å². The molecule has 0 aromatic heterocycles. The minimum absolute atomic E-state index is 0.877. The molecule has 144 valence electrons. The first-order chi connectivity index (χ1) is 14.2. The summed E-state index contributed by atoms with van der Waals surface area (Å²) in [4.78, 5) is 0. The molecule has 0 bridgehead atoms. The van der Waals surface area contributed by atoms with Gasteiger partial charge in [-0.3, -0.25) is 0 Å². The lowest BCUT2D eigenvalue weighted by atomic mass is 9.96. The van der Waals surface area contributed by atoms with E-state index in [0.29, 0.717) is 0 Å². The van der Waals surface area contributed by atoms with E-state index in [1.54, 1.807) is 0 Å². The number of rotatable bonds is 6. The molecule has 0 amide bonds. The van der Waals surface area contributed by atoms with Crippen LogP contribution >= 0.6 is 0 Å². The molecule has 0 fully saturated rings. The molecule has 0 N–H and O–H groups in total. The van der Waals surface area contributed by atoms with E-state index < -0.39 is 0 Å². The Hall–Kier alpha value is -3.32. The Morgan fingerprint density at radius 2 is 1.10 bits per heavy atom. The molecule has 0 atom stereocenters. The average molecular weight is 379 g/mol. The van der Waals surface area contributed by atoms with Gasteiger partial charge in [-0.15, -0.1) is 0 Å². The highest BCUT2D eigenvalue weighted by Gasteiger charge is 2.18. The zero-order valence-corrected chi connectivity index (χ0v) is 17.2. The molecule has 0 radical (unpaired) electrons. The highest BCUT2D eigenvalue weighted by molar-refractivity contribution is 5.95. The second-order valence-corrected chi connectivity index (χ2v) is 7.21. The molecule has 0 aliphatic carbocycles. The van der Waals surface area contributed by atoms with E-state index in [1.807, 2.05) is 12.2 Å². The molecule has 4 rings (SSSR count). The quantitative estimate of drug-likeness (QED) is 0.328. The van der Waals surface area contributed by atoms with Crippen molar-refractivity contribution < 1.29 is 4.74 Å². The van der Waals surface area contributed by atoms with Crippen LogP contribution in [0.4, 0.5) is 0 Å². The lowest BCUT2D eigenvalue weighted by Gasteiger charge is -2.20. The van der Waals surface area contributed by atoms with Gasteiger partial charge in [-0.2, -0.15) is 0 Å². The van der Waals surface area contributed by atoms with E-state index in [2.05, 4.69) is 87.7 Å². The van der Waals surface area contributed by atoms with Gasteiger partial charge in [0.1, 0.15) is 11.5 Å². The van der Waals surface area contributed by atoms with Crippen LogP contribution in [0.1, 0.15) is 36.1 Å². The summed E-state index contributed by atoms with van der Waals surface area (Å²) in [6.45, 7) is 12.4. The van der Waals surface area contributed by atoms with Gasteiger partial charge in [0.05, 0.1) is 0 Å². The Labute approximate surface area is 173 Å². The minimum Gasteiger partial charge on any atom is -0.455 e. The van der Waals surface area contributed by atoms with Crippen molar-refractivity contribution in [3.05, 3.63) is 96.1 Å². The third-order valence-electron chi connectivity index (χ3n) is 5.63. The van der Waals surface area contributed by atoms with E-state index in [-0.39, 0.29) is 0 Å². The van der Waals surface area contributed by atoms with Gasteiger partial charge in [-0.1, -0.05) is 87.7 Å². The molecule has 4 aromatic rings. The van der Waals surface area contributed by atoms with Crippen LogP contribution in [0, 0.1) is 0 Å². The molecule has 4 aromatic carbocycles. The first-order valence-corrected chi connectivity index (χ1v) is 10.2. The fourth-order valence-electron chi connectivity index (χ4n) is 4.18. The van der Waals surface area contributed by atoms with E-state index in [1.165, 1.54) is 11.1 Å². The number of fused-ring (bicyclic) bond motifs is 2. The molecule has 1 nitrogen and oxygen atoms in total. The van der Waals surface area contributed by atoms with Gasteiger partial charge >= 0.3 is 0 Å². The topological polar surface area (TPSA) is 9.23 Å². The van der Waals surface area contributed by atoms with Gasteiger partial charge in [0.15, 0.2) is 0 Å². The summed E-state index contributed by atoms with van der Waals surface area (Å²) < 4.78 is 6.84. The normalized spacial score (nSPS) is 11.0. The molecule has 29 heavy (non-hydrogen) atoms. The lowest BCUT2D eigenvalue weighted by molar-refractivity contribution is 0.482. The predicted octanol–water partition coefficient (Wildman–Crippen LogP) is 8.20. The Morgan fingerprint density at radius 3 is 1.48 bits per heavy atom. The van der Waals surface area contributed by atoms with Crippen LogP contribution in [-0.4, -0.2) is 0 Å². The predicted molar refractivity (Wildman–Crippen MR) is 127 cm³/mol. The van der Waals surface area contributed by atoms with Crippen molar-refractivity contribution >= 4 is 33.7 Å². The van der Waals surface area contributed by atoms with E-state index in [4.69, 9.17) is 4.74 Å². The van der Waals surface area contributed by atoms with Crippen LogP contribution in [0.5, 0.6) is 11.5 Å². The second kappa shape index (κ2) is 7.97. The maximum Gasteiger partial charge on any atom is 0.139 e. The summed E-state index contributed by atoms with van der Waals surface area (Å²) in [5.41, 5.74) is 4.63. The molecular formula is C28H26O. The monoisotopic (exact) mass is 378 g/mol. The van der Waals surface area contributed by atoms with Gasteiger partial charge < -0.3 is 4.74 Å². The molecule has 0 unspecified atom stereocenters. The van der Waals surface area contributed by atoms with E-state index >= 15 is 0 Å². The maximum atomic E-state index is 6.84. The fraction of sp³-hybridized carbons (Fsp3) is 0.143. The summed E-state index contributed by atoms with van der Waals surface area (Å²) in [7, 11) is 0. The zero-order valence-electron chi connectivity index (χ0n) is 17.2. The summed E-state index contributed by atoms with van der Waals surface area (Å²) in [5, 5.41) is 4.59. The first kappa shape index (κ1) is 19.0. The standard InChI is InChI=1S/C28H26O/c1-5-19-17-21-13-9-11-15-25(21)27(23(19)7-3)29-28-24(8-4)20(6-2)18-22-14-10-12-16-26(22)28/h5-6,9-18H,1-2,7-8H2,3-4H3. The van der Waals surface area contributed by atoms with Gasteiger partial charge in [-0.05, 0) is 46.9 Å². The number of benzene rings is 4. The van der Waals surface area contributed by atoms with Crippen LogP contribution < -0.4 is 4.74 Å². The number of ether oxygens (including phenoxy) is 1. The fourth-order valence-corrected chi connectivity index (χ4v) is 4.18. The molecule has 0 heterocycles. The molecule has 0 spiro atoms. The second-order valence-electron chi connectivity index (χ2n) is 7.21. The smallest absolute Gasteiger partial charge is 0.139 e. The van der Waals surface area contributed by atoms with Gasteiger partial charge in [-0.25, -0.2) is 0 Å². The Balaban J connectivity index is 2.07. The summed E-state index contributed by atoms with van der Waals surface area (Å²) in [5.74, 6) is 1.86. The Morgan fingerprint density at radius 1 is 0.690 bits per heavy atom. The zero-order chi connectivity index (χ0) is 20.4. The minimum atomic E-state index is 0.877. The van der Waals surface area contributed by atoms with Crippen LogP contribution in [0.25, 0.3) is 33.7 Å². The van der Waals surface area contributed by atoms with Crippen molar-refractivity contribution in [3.8, 4) is 11.5 Å². The third-order valence-corrected chi connectivity index (χ3v) is 5.63. The van der Waals surface area contributed by atoms with Crippen LogP contribution in [0.3, 0.4) is 0 Å². The van der Waals surface area contributed by atoms with Crippen molar-refractivity contribution in [1.29, 1.82) is 0 Å². The summed E-state index contributed by atoms with van der Waals surface area (Å²) >= 11 is 0. The van der Waals surface area contributed by atoms with Crippen LogP contribution in [0.2, 0.25) is 0 Å². The lowest BCUT2D eigenvalue weighted by Crippen LogP contribution is -2.00. The molecule has 1 heteroatoms. The van der Waals surface area contributed by atoms with E-state index in [0.717, 1.165) is 57.0 Å². The highest BCUT2D eigenvalue weighted by Crippen LogP contribution is 2.42. The van der Waals surface area contributed by atoms with Gasteiger partial charge in [0, 0.05) is 21.9 Å². The SMILES string of the molecule is C=Cc1cc2ccccc2c(Oc2c(CC)c(C=C)cc3ccccc23)c1CC. The summed E-state index contributed by atoms with van der Waals surface area (Å²) in [6, 6.07) is 21.2. The largest absolute Gasteiger partial charge is 0.455 e. The highest BCUT2D eigenvalue weighted by atomic mass is 16.5. The molecular weight excluding hydrogens is 352 g/mol. The maximum absolute atomic E-state index is 6.84. The van der Waals surface area contributed by atoms with Crippen molar-refractivity contribution in [1.82, 2.24) is 0 Å². The number of hydrogen-bond donors (Lipinski definition) is 0. The molecule has 0 saturated carbocycles. The van der Waals surface area contributed by atoms with Crippen molar-refractivity contribution in [2.24, 2.45) is 0 Å². The van der Waals surface area contributed by atoms with Crippen molar-refractivity contribution in [2.45, 2.75) is 26.7 Å². The Bertz CT molecular complexity index is 1130. The number of hydrogen-bond acceptors (Lipinski definition) is 1. The Kier molecular flexibility index (Phi) is 5.22. The third kappa shape index (κ3) is 3.23. The van der Waals surface area contributed by atoms with Crippen molar-refractivity contribution in [2.75, 3.05) is 0 Å². The molecule has 0 aliphatic heterocycles. The molecule has 0 aliphatic rings. The van der Waals surface area contributed by atoms with Crippen LogP contribution in [-0.2, 0) is 12.8 Å². The molecule has 0 saturated heterocycles. The van der Waals surface area contributed by atoms with Crippen LogP contribution in [0.15, 0.2) is 73.8 Å². The van der Waals surface area contributed by atoms with Crippen molar-refractivity contribution in [3.63, 3.8) is 0 Å². The first-order valence-electron chi connectivity index (χ1n) is 10.2. The average Bonchev–Trinajstić information content (AvgIpc) is 2.78.